The fourth-order valence-corrected chi connectivity index (χ4v) is 3.75. The molecule has 7 nitrogen and oxygen atoms in total. The Morgan fingerprint density at radius 3 is 2.58 bits per heavy atom. The predicted octanol–water partition coefficient (Wildman–Crippen LogP) is 4.96. The van der Waals surface area contributed by atoms with E-state index in [0.29, 0.717) is 23.9 Å². The quantitative estimate of drug-likeness (QED) is 0.362. The largest absolute Gasteiger partial charge is 0.492 e. The van der Waals surface area contributed by atoms with E-state index in [1.807, 2.05) is 42.0 Å². The Bertz CT molecular complexity index is 1270. The van der Waals surface area contributed by atoms with Gasteiger partial charge in [-0.05, 0) is 67.1 Å². The first-order chi connectivity index (χ1) is 15.8. The molecule has 1 N–H and O–H groups in total. The predicted molar refractivity (Wildman–Crippen MR) is 129 cm³/mol. The summed E-state index contributed by atoms with van der Waals surface area (Å²) in [6.45, 7) is 2.70. The van der Waals surface area contributed by atoms with Crippen LogP contribution in [-0.2, 0) is 16.1 Å². The zero-order valence-electron chi connectivity index (χ0n) is 17.5. The Labute approximate surface area is 203 Å². The number of amides is 4. The van der Waals surface area contributed by atoms with E-state index >= 15 is 0 Å². The number of barbiturate groups is 1. The molecule has 0 spiro atoms. The molecule has 2 aromatic carbocycles. The van der Waals surface area contributed by atoms with Crippen molar-refractivity contribution in [3.05, 3.63) is 87.1 Å². The number of imide groups is 2. The summed E-state index contributed by atoms with van der Waals surface area (Å²) < 4.78 is 8.58. The number of carbonyl (C=O) groups is 3. The van der Waals surface area contributed by atoms with Crippen LogP contribution in [0.15, 0.2) is 70.8 Å². The Balaban J connectivity index is 1.54. The summed E-state index contributed by atoms with van der Waals surface area (Å²) in [5, 5.41) is 2.63. The molecule has 0 bridgehead atoms. The number of ether oxygens (including phenoxy) is 1. The normalized spacial score (nSPS) is 15.2. The highest BCUT2D eigenvalue weighted by Gasteiger charge is 2.37. The molecule has 1 fully saturated rings. The Morgan fingerprint density at radius 1 is 1.09 bits per heavy atom. The van der Waals surface area contributed by atoms with Gasteiger partial charge in [-0.2, -0.15) is 0 Å². The molecule has 2 heterocycles. The number of hydrogen-bond acceptors (Lipinski definition) is 4. The molecular weight excluding hydrogens is 510 g/mol. The van der Waals surface area contributed by atoms with Crippen LogP contribution in [0.4, 0.5) is 10.5 Å². The number of anilines is 1. The topological polar surface area (TPSA) is 80.6 Å². The number of nitrogens with zero attached hydrogens (tertiary/aromatic N) is 2. The minimum absolute atomic E-state index is 0.153. The molecule has 3 aromatic rings. The molecule has 9 heteroatoms. The van der Waals surface area contributed by atoms with Gasteiger partial charge < -0.3 is 9.30 Å². The first-order valence-corrected chi connectivity index (χ1v) is 11.2. The number of halogens is 2. The molecule has 4 amide bonds. The van der Waals surface area contributed by atoms with E-state index in [1.54, 1.807) is 24.3 Å². The van der Waals surface area contributed by atoms with Gasteiger partial charge in [0.25, 0.3) is 11.8 Å². The maximum atomic E-state index is 13.1. The van der Waals surface area contributed by atoms with Gasteiger partial charge in [-0.3, -0.25) is 14.9 Å². The number of nitrogens with one attached hydrogen (secondary N) is 1. The number of aryl methyl sites for hydroxylation is 1. The minimum Gasteiger partial charge on any atom is -0.492 e. The van der Waals surface area contributed by atoms with Gasteiger partial charge in [0, 0.05) is 21.4 Å². The maximum Gasteiger partial charge on any atom is 0.335 e. The van der Waals surface area contributed by atoms with Crippen LogP contribution in [0.2, 0.25) is 5.02 Å². The van der Waals surface area contributed by atoms with E-state index in [2.05, 4.69) is 21.2 Å². The van der Waals surface area contributed by atoms with Crippen LogP contribution in [0, 0.1) is 6.92 Å². The fraction of sp³-hybridized carbons (Fsp3) is 0.125. The molecule has 1 aliphatic heterocycles. The smallest absolute Gasteiger partial charge is 0.335 e. The lowest BCUT2D eigenvalue weighted by molar-refractivity contribution is -0.122. The van der Waals surface area contributed by atoms with Gasteiger partial charge >= 0.3 is 6.03 Å². The molecule has 4 rings (SSSR count). The first kappa shape index (κ1) is 22.8. The van der Waals surface area contributed by atoms with Crippen LogP contribution in [0.25, 0.3) is 6.08 Å². The van der Waals surface area contributed by atoms with E-state index in [4.69, 9.17) is 16.3 Å². The number of hydrogen-bond donors (Lipinski definition) is 1. The van der Waals surface area contributed by atoms with Crippen molar-refractivity contribution in [2.45, 2.75) is 13.5 Å². The van der Waals surface area contributed by atoms with Crippen LogP contribution in [0.5, 0.6) is 5.75 Å². The highest BCUT2D eigenvalue weighted by molar-refractivity contribution is 9.10. The average Bonchev–Trinajstić information content (AvgIpc) is 3.22. The second-order valence-corrected chi connectivity index (χ2v) is 8.64. The van der Waals surface area contributed by atoms with Crippen molar-refractivity contribution >= 4 is 57.1 Å². The Morgan fingerprint density at radius 2 is 1.85 bits per heavy atom. The van der Waals surface area contributed by atoms with E-state index in [0.717, 1.165) is 20.7 Å². The zero-order chi connectivity index (χ0) is 23.5. The molecule has 1 aliphatic rings. The van der Waals surface area contributed by atoms with Crippen LogP contribution in [0.1, 0.15) is 11.3 Å². The SMILES string of the molecule is Cc1ccc(N2C(=O)NC(=O)/C(=C\c3cccn3CCOc3ccc(Br)cc3)C2=O)cc1Cl. The van der Waals surface area contributed by atoms with Crippen LogP contribution >= 0.6 is 27.5 Å². The zero-order valence-corrected chi connectivity index (χ0v) is 19.9. The highest BCUT2D eigenvalue weighted by atomic mass is 79.9. The molecule has 0 aliphatic carbocycles. The minimum atomic E-state index is -0.819. The third-order valence-electron chi connectivity index (χ3n) is 5.09. The second-order valence-electron chi connectivity index (χ2n) is 7.32. The number of carbonyl (C=O) groups excluding carboxylic acids is 3. The van der Waals surface area contributed by atoms with Crippen molar-refractivity contribution in [2.75, 3.05) is 11.5 Å². The molecule has 168 valence electrons. The molecule has 0 atom stereocenters. The standard InChI is InChI=1S/C24H19BrClN3O4/c1-15-4-7-18(14-21(15)26)29-23(31)20(22(30)27-24(29)32)13-17-3-2-10-28(17)11-12-33-19-8-5-16(25)6-9-19/h2-10,13-14H,11-12H2,1H3,(H,27,30,32)/b20-13+. The van der Waals surface area contributed by atoms with Gasteiger partial charge in [0.1, 0.15) is 17.9 Å². The third kappa shape index (κ3) is 5.02. The lowest BCUT2D eigenvalue weighted by Crippen LogP contribution is -2.54. The molecule has 0 unspecified atom stereocenters. The van der Waals surface area contributed by atoms with Gasteiger partial charge in [0.2, 0.25) is 0 Å². The lowest BCUT2D eigenvalue weighted by Gasteiger charge is -2.26. The van der Waals surface area contributed by atoms with Gasteiger partial charge in [0.05, 0.1) is 12.2 Å². The van der Waals surface area contributed by atoms with E-state index in [9.17, 15) is 14.4 Å². The molecule has 1 aromatic heterocycles. The molecular formula is C24H19BrClN3O4. The summed E-state index contributed by atoms with van der Waals surface area (Å²) >= 11 is 9.54. The monoisotopic (exact) mass is 527 g/mol. The van der Waals surface area contributed by atoms with Crippen molar-refractivity contribution in [3.63, 3.8) is 0 Å². The summed E-state index contributed by atoms with van der Waals surface area (Å²) in [4.78, 5) is 38.9. The van der Waals surface area contributed by atoms with E-state index < -0.39 is 17.8 Å². The fourth-order valence-electron chi connectivity index (χ4n) is 3.32. The second kappa shape index (κ2) is 9.64. The van der Waals surface area contributed by atoms with Crippen molar-refractivity contribution in [3.8, 4) is 5.75 Å². The Kier molecular flexibility index (Phi) is 6.67. The van der Waals surface area contributed by atoms with Crippen LogP contribution < -0.4 is 15.0 Å². The summed E-state index contributed by atoms with van der Waals surface area (Å²) in [5.74, 6) is -0.737. The van der Waals surface area contributed by atoms with Gasteiger partial charge in [-0.1, -0.05) is 33.6 Å². The van der Waals surface area contributed by atoms with Crippen molar-refractivity contribution in [1.29, 1.82) is 0 Å². The highest BCUT2D eigenvalue weighted by Crippen LogP contribution is 2.26. The van der Waals surface area contributed by atoms with Crippen molar-refractivity contribution in [2.24, 2.45) is 0 Å². The number of benzene rings is 2. The van der Waals surface area contributed by atoms with Crippen LogP contribution in [-0.4, -0.2) is 29.0 Å². The summed E-state index contributed by atoms with van der Waals surface area (Å²) in [6.07, 6.45) is 3.29. The molecule has 1 saturated heterocycles. The van der Waals surface area contributed by atoms with Gasteiger partial charge in [0.15, 0.2) is 0 Å². The van der Waals surface area contributed by atoms with Crippen LogP contribution in [0.3, 0.4) is 0 Å². The number of urea groups is 1. The summed E-state index contributed by atoms with van der Waals surface area (Å²) in [5.41, 5.74) is 1.56. The number of rotatable bonds is 6. The first-order valence-electron chi connectivity index (χ1n) is 10.0. The Hall–Kier alpha value is -3.36. The number of aromatic nitrogens is 1. The molecule has 0 saturated carbocycles. The maximum absolute atomic E-state index is 13.1. The summed E-state index contributed by atoms with van der Waals surface area (Å²) in [7, 11) is 0. The van der Waals surface area contributed by atoms with Gasteiger partial charge in [-0.25, -0.2) is 9.69 Å². The molecule has 0 radical (unpaired) electrons. The van der Waals surface area contributed by atoms with E-state index in [-0.39, 0.29) is 11.3 Å². The van der Waals surface area contributed by atoms with Crippen molar-refractivity contribution in [1.82, 2.24) is 9.88 Å². The van der Waals surface area contributed by atoms with Gasteiger partial charge in [-0.15, -0.1) is 0 Å². The van der Waals surface area contributed by atoms with Crippen molar-refractivity contribution < 1.29 is 19.1 Å². The third-order valence-corrected chi connectivity index (χ3v) is 6.02. The lowest BCUT2D eigenvalue weighted by atomic mass is 10.1. The molecule has 33 heavy (non-hydrogen) atoms. The van der Waals surface area contributed by atoms with E-state index in [1.165, 1.54) is 12.1 Å². The summed E-state index contributed by atoms with van der Waals surface area (Å²) in [6, 6.07) is 15.1. The average molecular weight is 529 g/mol.